The predicted octanol–water partition coefficient (Wildman–Crippen LogP) is 1.81. The zero-order valence-electron chi connectivity index (χ0n) is 8.99. The quantitative estimate of drug-likeness (QED) is 0.765. The summed E-state index contributed by atoms with van der Waals surface area (Å²) in [6.45, 7) is 4.88. The topological polar surface area (TPSA) is 37.1 Å². The van der Waals surface area contributed by atoms with Crippen LogP contribution in [0, 0.1) is 0 Å². The van der Waals surface area contributed by atoms with Gasteiger partial charge >= 0.3 is 0 Å². The lowest BCUT2D eigenvalue weighted by Gasteiger charge is -2.12. The van der Waals surface area contributed by atoms with E-state index in [1.807, 2.05) is 25.1 Å². The third kappa shape index (κ3) is 1.67. The Kier molecular flexibility index (Phi) is 1.75. The normalized spacial score (nSPS) is 42.7. The van der Waals surface area contributed by atoms with Gasteiger partial charge in [-0.3, -0.25) is 5.32 Å². The molecule has 2 fully saturated rings. The fourth-order valence-electron chi connectivity index (χ4n) is 2.03. The standard InChI is InChI=1S/C12H15NO2/c1-11(8-14-11)13-12(2)10(15-12)9-6-4-3-5-7-9/h3-7,10,13H,8H2,1-2H3. The number of hydrogen-bond donors (Lipinski definition) is 1. The van der Waals surface area contributed by atoms with E-state index >= 15 is 0 Å². The van der Waals surface area contributed by atoms with Crippen molar-refractivity contribution in [3.63, 3.8) is 0 Å². The van der Waals surface area contributed by atoms with Crippen LogP contribution in [0.2, 0.25) is 0 Å². The number of benzene rings is 1. The van der Waals surface area contributed by atoms with Gasteiger partial charge in [0, 0.05) is 0 Å². The van der Waals surface area contributed by atoms with Crippen LogP contribution in [0.25, 0.3) is 0 Å². The molecule has 1 aromatic carbocycles. The summed E-state index contributed by atoms with van der Waals surface area (Å²) in [7, 11) is 0. The first kappa shape index (κ1) is 9.33. The van der Waals surface area contributed by atoms with Crippen LogP contribution in [-0.2, 0) is 9.47 Å². The van der Waals surface area contributed by atoms with Crippen LogP contribution in [0.4, 0.5) is 0 Å². The maximum Gasteiger partial charge on any atom is 0.150 e. The van der Waals surface area contributed by atoms with Gasteiger partial charge < -0.3 is 9.47 Å². The Hall–Kier alpha value is -0.900. The van der Waals surface area contributed by atoms with Gasteiger partial charge in [0.15, 0.2) is 0 Å². The molecule has 2 aliphatic rings. The van der Waals surface area contributed by atoms with Gasteiger partial charge in [-0.2, -0.15) is 0 Å². The Bertz CT molecular complexity index is 374. The molecule has 3 heteroatoms. The van der Waals surface area contributed by atoms with E-state index in [1.165, 1.54) is 5.56 Å². The molecule has 1 aromatic rings. The van der Waals surface area contributed by atoms with E-state index in [4.69, 9.17) is 9.47 Å². The number of epoxide rings is 2. The Balaban J connectivity index is 1.72. The minimum absolute atomic E-state index is 0.153. The van der Waals surface area contributed by atoms with Gasteiger partial charge in [0.2, 0.25) is 0 Å². The number of hydrogen-bond acceptors (Lipinski definition) is 3. The first-order chi connectivity index (χ1) is 7.11. The van der Waals surface area contributed by atoms with Crippen LogP contribution in [-0.4, -0.2) is 18.1 Å². The molecule has 2 heterocycles. The smallest absolute Gasteiger partial charge is 0.150 e. The molecular formula is C12H15NO2. The van der Waals surface area contributed by atoms with Crippen molar-refractivity contribution in [2.75, 3.05) is 6.61 Å². The fraction of sp³-hybridized carbons (Fsp3) is 0.500. The van der Waals surface area contributed by atoms with E-state index in [2.05, 4.69) is 24.4 Å². The molecule has 3 atom stereocenters. The highest BCUT2D eigenvalue weighted by molar-refractivity contribution is 5.25. The second kappa shape index (κ2) is 2.82. The van der Waals surface area contributed by atoms with Gasteiger partial charge in [0.05, 0.1) is 6.61 Å². The summed E-state index contributed by atoms with van der Waals surface area (Å²) in [5.74, 6) is 0. The minimum Gasteiger partial charge on any atom is -0.354 e. The average molecular weight is 205 g/mol. The molecule has 2 saturated heterocycles. The largest absolute Gasteiger partial charge is 0.354 e. The maximum absolute atomic E-state index is 5.72. The third-order valence-electron chi connectivity index (χ3n) is 3.00. The summed E-state index contributed by atoms with van der Waals surface area (Å²) in [6.07, 6.45) is 0.153. The average Bonchev–Trinajstić information content (AvgIpc) is 3.09. The molecule has 3 rings (SSSR count). The van der Waals surface area contributed by atoms with Crippen LogP contribution in [0.5, 0.6) is 0 Å². The lowest BCUT2D eigenvalue weighted by Crippen LogP contribution is -2.40. The second-order valence-corrected chi connectivity index (χ2v) is 4.66. The van der Waals surface area contributed by atoms with Crippen LogP contribution >= 0.6 is 0 Å². The molecule has 0 spiro atoms. The molecule has 0 saturated carbocycles. The lowest BCUT2D eigenvalue weighted by atomic mass is 10.1. The van der Waals surface area contributed by atoms with E-state index in [1.54, 1.807) is 0 Å². The van der Waals surface area contributed by atoms with Crippen molar-refractivity contribution in [3.05, 3.63) is 35.9 Å². The highest BCUT2D eigenvalue weighted by atomic mass is 16.7. The summed E-state index contributed by atoms with van der Waals surface area (Å²) in [4.78, 5) is 0. The Morgan fingerprint density at radius 2 is 1.93 bits per heavy atom. The number of rotatable bonds is 3. The van der Waals surface area contributed by atoms with Crippen LogP contribution in [0.1, 0.15) is 25.5 Å². The second-order valence-electron chi connectivity index (χ2n) is 4.66. The highest BCUT2D eigenvalue weighted by Crippen LogP contribution is 2.49. The maximum atomic E-state index is 5.72. The van der Waals surface area contributed by atoms with Crippen molar-refractivity contribution in [1.82, 2.24) is 5.32 Å². The Morgan fingerprint density at radius 1 is 1.27 bits per heavy atom. The van der Waals surface area contributed by atoms with Gasteiger partial charge in [0.25, 0.3) is 0 Å². The molecule has 3 nitrogen and oxygen atoms in total. The van der Waals surface area contributed by atoms with Crippen molar-refractivity contribution in [1.29, 1.82) is 0 Å². The molecule has 0 aromatic heterocycles. The summed E-state index contributed by atoms with van der Waals surface area (Å²) < 4.78 is 11.0. The molecular weight excluding hydrogens is 190 g/mol. The van der Waals surface area contributed by atoms with E-state index in [-0.39, 0.29) is 17.6 Å². The van der Waals surface area contributed by atoms with Gasteiger partial charge in [-0.1, -0.05) is 30.3 Å². The van der Waals surface area contributed by atoms with Crippen molar-refractivity contribution < 1.29 is 9.47 Å². The van der Waals surface area contributed by atoms with Gasteiger partial charge in [-0.25, -0.2) is 0 Å². The van der Waals surface area contributed by atoms with Crippen LogP contribution in [0.15, 0.2) is 30.3 Å². The molecule has 0 aliphatic carbocycles. The van der Waals surface area contributed by atoms with E-state index in [9.17, 15) is 0 Å². The summed E-state index contributed by atoms with van der Waals surface area (Å²) in [5, 5.41) is 3.38. The summed E-state index contributed by atoms with van der Waals surface area (Å²) in [5.41, 5.74) is 0.794. The molecule has 80 valence electrons. The summed E-state index contributed by atoms with van der Waals surface area (Å²) in [6, 6.07) is 10.3. The minimum atomic E-state index is -0.257. The Labute approximate surface area is 89.4 Å². The number of nitrogens with one attached hydrogen (secondary N) is 1. The van der Waals surface area contributed by atoms with Gasteiger partial charge in [0.1, 0.15) is 17.6 Å². The Morgan fingerprint density at radius 3 is 2.53 bits per heavy atom. The first-order valence-corrected chi connectivity index (χ1v) is 5.27. The fourth-order valence-corrected chi connectivity index (χ4v) is 2.03. The molecule has 0 radical (unpaired) electrons. The van der Waals surface area contributed by atoms with Gasteiger partial charge in [-0.05, 0) is 19.4 Å². The first-order valence-electron chi connectivity index (χ1n) is 5.27. The predicted molar refractivity (Wildman–Crippen MR) is 56.2 cm³/mol. The SMILES string of the molecule is CC1(NC2(C)OC2c2ccccc2)CO1. The monoisotopic (exact) mass is 205 g/mol. The van der Waals surface area contributed by atoms with Crippen molar-refractivity contribution in [3.8, 4) is 0 Å². The van der Waals surface area contributed by atoms with Crippen molar-refractivity contribution >= 4 is 0 Å². The molecule has 2 aliphatic heterocycles. The molecule has 0 amide bonds. The third-order valence-corrected chi connectivity index (χ3v) is 3.00. The van der Waals surface area contributed by atoms with E-state index in [0.29, 0.717) is 0 Å². The van der Waals surface area contributed by atoms with Crippen molar-refractivity contribution in [2.24, 2.45) is 0 Å². The van der Waals surface area contributed by atoms with Crippen LogP contribution in [0.3, 0.4) is 0 Å². The molecule has 15 heavy (non-hydrogen) atoms. The zero-order valence-corrected chi connectivity index (χ0v) is 8.99. The summed E-state index contributed by atoms with van der Waals surface area (Å²) >= 11 is 0. The van der Waals surface area contributed by atoms with E-state index < -0.39 is 0 Å². The van der Waals surface area contributed by atoms with Crippen LogP contribution < -0.4 is 5.32 Å². The number of ether oxygens (including phenoxy) is 2. The molecule has 3 unspecified atom stereocenters. The zero-order chi connectivity index (χ0) is 10.5. The molecule has 1 N–H and O–H groups in total. The van der Waals surface area contributed by atoms with E-state index in [0.717, 1.165) is 6.61 Å². The molecule has 0 bridgehead atoms. The highest BCUT2D eigenvalue weighted by Gasteiger charge is 2.59. The van der Waals surface area contributed by atoms with Crippen molar-refractivity contribution in [2.45, 2.75) is 31.4 Å². The van der Waals surface area contributed by atoms with Gasteiger partial charge in [-0.15, -0.1) is 0 Å². The lowest BCUT2D eigenvalue weighted by molar-refractivity contribution is 0.182.